The Bertz CT molecular complexity index is 1140. The molecule has 1 aromatic heterocycles. The number of nitrogens with zero attached hydrogens (tertiary/aromatic N) is 3. The average molecular weight is 512 g/mol. The molecule has 0 radical (unpaired) electrons. The van der Waals surface area contributed by atoms with Crippen LogP contribution in [-0.2, 0) is 43.3 Å². The van der Waals surface area contributed by atoms with E-state index in [2.05, 4.69) is 42.3 Å². The molecule has 12 heteroatoms. The minimum absolute atomic E-state index is 0.0194. The number of rotatable bonds is 10. The van der Waals surface area contributed by atoms with E-state index in [4.69, 9.17) is 4.74 Å². The summed E-state index contributed by atoms with van der Waals surface area (Å²) in [4.78, 5) is 52.0. The SMILES string of the molecule is CCOC(=O)CC[C@H](NC(C)=O)C(=O)N[C@H]1CCc2cccc3c2N(C1)[C@H](C(=O)NCc1cn[nH]n1)C3. The monoisotopic (exact) mass is 511 g/mol. The van der Waals surface area contributed by atoms with Crippen LogP contribution in [0.2, 0.25) is 0 Å². The molecule has 0 saturated carbocycles. The number of carbonyl (C=O) groups excluding carboxylic acids is 4. The van der Waals surface area contributed by atoms with Crippen molar-refractivity contribution in [3.63, 3.8) is 0 Å². The van der Waals surface area contributed by atoms with E-state index in [1.807, 2.05) is 12.1 Å². The van der Waals surface area contributed by atoms with E-state index in [9.17, 15) is 19.2 Å². The molecule has 0 aliphatic carbocycles. The Morgan fingerprint density at radius 1 is 1.24 bits per heavy atom. The van der Waals surface area contributed by atoms with Crippen LogP contribution in [0.5, 0.6) is 0 Å². The first kappa shape index (κ1) is 26.1. The van der Waals surface area contributed by atoms with Gasteiger partial charge in [0.2, 0.25) is 17.7 Å². The van der Waals surface area contributed by atoms with Crippen LogP contribution >= 0.6 is 0 Å². The van der Waals surface area contributed by atoms with Crippen molar-refractivity contribution >= 4 is 29.4 Å². The highest BCUT2D eigenvalue weighted by molar-refractivity contribution is 5.90. The molecule has 2 aromatic rings. The molecular formula is C25H33N7O5. The molecule has 3 amide bonds. The molecule has 0 bridgehead atoms. The predicted octanol–water partition coefficient (Wildman–Crippen LogP) is 0.131. The van der Waals surface area contributed by atoms with Crippen molar-refractivity contribution in [1.82, 2.24) is 31.4 Å². The third-order valence-corrected chi connectivity index (χ3v) is 6.65. The number of aromatic nitrogens is 3. The van der Waals surface area contributed by atoms with E-state index in [1.165, 1.54) is 6.92 Å². The molecule has 12 nitrogen and oxygen atoms in total. The lowest BCUT2D eigenvalue weighted by molar-refractivity contribution is -0.143. The molecule has 37 heavy (non-hydrogen) atoms. The summed E-state index contributed by atoms with van der Waals surface area (Å²) in [5.41, 5.74) is 3.94. The van der Waals surface area contributed by atoms with Crippen LogP contribution in [0.1, 0.15) is 49.9 Å². The predicted molar refractivity (Wildman–Crippen MR) is 133 cm³/mol. The fraction of sp³-hybridized carbons (Fsp3) is 0.520. The van der Waals surface area contributed by atoms with Gasteiger partial charge in [-0.3, -0.25) is 19.2 Å². The summed E-state index contributed by atoms with van der Waals surface area (Å²) in [6.45, 7) is 4.01. The first-order chi connectivity index (χ1) is 17.9. The molecule has 2 aliphatic heterocycles. The summed E-state index contributed by atoms with van der Waals surface area (Å²) in [7, 11) is 0. The summed E-state index contributed by atoms with van der Waals surface area (Å²) in [5, 5.41) is 18.9. The van der Waals surface area contributed by atoms with Crippen molar-refractivity contribution in [3.05, 3.63) is 41.2 Å². The molecule has 0 unspecified atom stereocenters. The fourth-order valence-corrected chi connectivity index (χ4v) is 5.00. The minimum Gasteiger partial charge on any atom is -0.466 e. The van der Waals surface area contributed by atoms with Gasteiger partial charge in [0.15, 0.2) is 0 Å². The Balaban J connectivity index is 1.45. The van der Waals surface area contributed by atoms with Crippen molar-refractivity contribution in [1.29, 1.82) is 0 Å². The van der Waals surface area contributed by atoms with Gasteiger partial charge in [-0.1, -0.05) is 18.2 Å². The van der Waals surface area contributed by atoms with E-state index in [0.717, 1.165) is 23.2 Å². The standard InChI is InChI=1S/C25H33N7O5/c1-3-37-22(34)10-9-20(28-15(2)33)24(35)29-18-8-7-16-5-4-6-17-11-21(32(14-18)23(16)17)25(36)26-12-19-13-27-31-30-19/h4-6,13,18,20-21H,3,7-12,14H2,1-2H3,(H,26,36)(H,28,33)(H,29,35)(H,27,30,31)/t18-,20-,21-/m0/s1. The Morgan fingerprint density at radius 3 is 2.78 bits per heavy atom. The highest BCUT2D eigenvalue weighted by Gasteiger charge is 2.39. The zero-order valence-electron chi connectivity index (χ0n) is 21.1. The summed E-state index contributed by atoms with van der Waals surface area (Å²) in [5.74, 6) is -1.26. The van der Waals surface area contributed by atoms with Gasteiger partial charge in [0.25, 0.3) is 0 Å². The highest BCUT2D eigenvalue weighted by atomic mass is 16.5. The van der Waals surface area contributed by atoms with Crippen LogP contribution in [0.4, 0.5) is 5.69 Å². The number of esters is 1. The molecule has 0 fully saturated rings. The number of aromatic amines is 1. The number of hydrogen-bond acceptors (Lipinski definition) is 8. The third-order valence-electron chi connectivity index (χ3n) is 6.65. The van der Waals surface area contributed by atoms with Crippen LogP contribution in [0.15, 0.2) is 24.4 Å². The first-order valence-electron chi connectivity index (χ1n) is 12.6. The molecule has 2 aliphatic rings. The Morgan fingerprint density at radius 2 is 2.05 bits per heavy atom. The van der Waals surface area contributed by atoms with Crippen LogP contribution in [0.3, 0.4) is 0 Å². The Hall–Kier alpha value is -3.96. The number of aryl methyl sites for hydroxylation is 1. The van der Waals surface area contributed by atoms with Gasteiger partial charge in [0.1, 0.15) is 17.8 Å². The normalized spacial score (nSPS) is 18.8. The van der Waals surface area contributed by atoms with E-state index in [-0.39, 0.29) is 49.8 Å². The number of carbonyl (C=O) groups is 4. The lowest BCUT2D eigenvalue weighted by Crippen LogP contribution is -2.54. The number of benzene rings is 1. The summed E-state index contributed by atoms with van der Waals surface area (Å²) < 4.78 is 4.95. The van der Waals surface area contributed by atoms with Gasteiger partial charge in [-0.15, -0.1) is 0 Å². The van der Waals surface area contributed by atoms with Crippen LogP contribution in [-0.4, -0.2) is 70.4 Å². The van der Waals surface area contributed by atoms with Gasteiger partial charge in [0.05, 0.1) is 19.3 Å². The lowest BCUT2D eigenvalue weighted by Gasteiger charge is -2.30. The topological polar surface area (TPSA) is 158 Å². The average Bonchev–Trinajstić information content (AvgIpc) is 3.47. The fourth-order valence-electron chi connectivity index (χ4n) is 5.00. The molecule has 0 saturated heterocycles. The maximum Gasteiger partial charge on any atom is 0.305 e. The lowest BCUT2D eigenvalue weighted by atomic mass is 10.0. The number of H-pyrrole nitrogens is 1. The molecule has 0 spiro atoms. The second kappa shape index (κ2) is 11.8. The summed E-state index contributed by atoms with van der Waals surface area (Å²) in [6.07, 6.45) is 3.71. The maximum atomic E-state index is 13.2. The van der Waals surface area contributed by atoms with Crippen LogP contribution in [0.25, 0.3) is 0 Å². The second-order valence-corrected chi connectivity index (χ2v) is 9.32. The molecular weight excluding hydrogens is 478 g/mol. The van der Waals surface area contributed by atoms with Gasteiger partial charge < -0.3 is 25.6 Å². The smallest absolute Gasteiger partial charge is 0.305 e. The van der Waals surface area contributed by atoms with E-state index in [1.54, 1.807) is 13.1 Å². The number of para-hydroxylation sites is 1. The number of amides is 3. The van der Waals surface area contributed by atoms with Crippen molar-refractivity contribution in [3.8, 4) is 0 Å². The van der Waals surface area contributed by atoms with Crippen molar-refractivity contribution in [2.24, 2.45) is 0 Å². The maximum absolute atomic E-state index is 13.2. The number of hydrogen-bond donors (Lipinski definition) is 4. The number of nitrogens with one attached hydrogen (secondary N) is 4. The second-order valence-electron chi connectivity index (χ2n) is 9.32. The van der Waals surface area contributed by atoms with E-state index < -0.39 is 18.1 Å². The first-order valence-corrected chi connectivity index (χ1v) is 12.6. The molecule has 4 N–H and O–H groups in total. The third kappa shape index (κ3) is 6.43. The summed E-state index contributed by atoms with van der Waals surface area (Å²) >= 11 is 0. The number of anilines is 1. The summed E-state index contributed by atoms with van der Waals surface area (Å²) in [6, 6.07) is 4.57. The number of ether oxygens (including phenoxy) is 1. The zero-order chi connectivity index (χ0) is 26.4. The molecule has 1 aromatic carbocycles. The molecule has 198 valence electrons. The van der Waals surface area contributed by atoms with E-state index in [0.29, 0.717) is 25.1 Å². The van der Waals surface area contributed by atoms with Gasteiger partial charge in [-0.05, 0) is 37.3 Å². The molecule has 3 atom stereocenters. The molecule has 4 rings (SSSR count). The van der Waals surface area contributed by atoms with E-state index >= 15 is 0 Å². The zero-order valence-corrected chi connectivity index (χ0v) is 21.1. The van der Waals surface area contributed by atoms with Crippen LogP contribution < -0.4 is 20.9 Å². The van der Waals surface area contributed by atoms with Gasteiger partial charge in [-0.25, -0.2) is 0 Å². The minimum atomic E-state index is -0.858. The Kier molecular flexibility index (Phi) is 8.36. The Labute approximate surface area is 214 Å². The van der Waals surface area contributed by atoms with Gasteiger partial charge in [0, 0.05) is 38.0 Å². The van der Waals surface area contributed by atoms with Crippen LogP contribution in [0, 0.1) is 0 Å². The van der Waals surface area contributed by atoms with Crippen molar-refractivity contribution < 1.29 is 23.9 Å². The van der Waals surface area contributed by atoms with Crippen molar-refractivity contribution in [2.45, 2.75) is 70.6 Å². The highest BCUT2D eigenvalue weighted by Crippen LogP contribution is 2.38. The quantitative estimate of drug-likeness (QED) is 0.328. The van der Waals surface area contributed by atoms with Gasteiger partial charge in [-0.2, -0.15) is 15.4 Å². The van der Waals surface area contributed by atoms with Gasteiger partial charge >= 0.3 is 5.97 Å². The largest absolute Gasteiger partial charge is 0.466 e. The molecule has 3 heterocycles. The van der Waals surface area contributed by atoms with Crippen molar-refractivity contribution in [2.75, 3.05) is 18.1 Å².